The molecule has 1 fully saturated rings. The second-order valence-electron chi connectivity index (χ2n) is 4.39. The maximum absolute atomic E-state index is 2.37. The van der Waals surface area contributed by atoms with Crippen molar-refractivity contribution in [1.82, 2.24) is 9.80 Å². The zero-order chi connectivity index (χ0) is 9.14. The van der Waals surface area contributed by atoms with E-state index in [1.165, 1.54) is 25.7 Å². The summed E-state index contributed by atoms with van der Waals surface area (Å²) in [6, 6.07) is 1.67. The highest BCUT2D eigenvalue weighted by Crippen LogP contribution is 2.23. The summed E-state index contributed by atoms with van der Waals surface area (Å²) in [5.74, 6) is 0. The average Bonchev–Trinajstić information content (AvgIpc) is 2.04. The minimum absolute atomic E-state index is 0.834. The van der Waals surface area contributed by atoms with Gasteiger partial charge >= 0.3 is 0 Å². The number of hydrogen-bond donors (Lipinski definition) is 0. The monoisotopic (exact) mass is 170 g/mol. The summed E-state index contributed by atoms with van der Waals surface area (Å²) in [5.41, 5.74) is 0. The molecular formula is C10H22N2. The van der Waals surface area contributed by atoms with E-state index in [0.717, 1.165) is 12.1 Å². The van der Waals surface area contributed by atoms with Gasteiger partial charge in [0.2, 0.25) is 0 Å². The molecule has 0 aromatic heterocycles. The Morgan fingerprint density at radius 2 is 0.917 bits per heavy atom. The van der Waals surface area contributed by atoms with Crippen molar-refractivity contribution in [2.24, 2.45) is 0 Å². The van der Waals surface area contributed by atoms with Crippen molar-refractivity contribution in [1.29, 1.82) is 0 Å². The lowest BCUT2D eigenvalue weighted by Crippen LogP contribution is -2.38. The van der Waals surface area contributed by atoms with Crippen LogP contribution in [0.2, 0.25) is 0 Å². The smallest absolute Gasteiger partial charge is 0.00903 e. The van der Waals surface area contributed by atoms with Gasteiger partial charge < -0.3 is 9.80 Å². The van der Waals surface area contributed by atoms with Gasteiger partial charge in [-0.1, -0.05) is 0 Å². The predicted molar refractivity (Wildman–Crippen MR) is 53.4 cm³/mol. The van der Waals surface area contributed by atoms with Crippen LogP contribution in [0.15, 0.2) is 0 Å². The fourth-order valence-corrected chi connectivity index (χ4v) is 2.09. The Bertz CT molecular complexity index is 108. The van der Waals surface area contributed by atoms with E-state index in [4.69, 9.17) is 0 Å². The molecule has 0 heterocycles. The van der Waals surface area contributed by atoms with E-state index in [2.05, 4.69) is 38.0 Å². The Labute approximate surface area is 76.5 Å². The molecule has 0 aliphatic heterocycles. The molecule has 12 heavy (non-hydrogen) atoms. The Balaban J connectivity index is 2.30. The minimum Gasteiger partial charge on any atom is -0.306 e. The van der Waals surface area contributed by atoms with E-state index in [0.29, 0.717) is 0 Å². The Morgan fingerprint density at radius 3 is 1.08 bits per heavy atom. The van der Waals surface area contributed by atoms with Gasteiger partial charge in [-0.3, -0.25) is 0 Å². The van der Waals surface area contributed by atoms with Gasteiger partial charge in [-0.15, -0.1) is 0 Å². The van der Waals surface area contributed by atoms with Crippen LogP contribution in [0.1, 0.15) is 25.7 Å². The molecule has 0 radical (unpaired) electrons. The van der Waals surface area contributed by atoms with Gasteiger partial charge in [0.05, 0.1) is 0 Å². The second-order valence-corrected chi connectivity index (χ2v) is 4.39. The molecule has 0 spiro atoms. The summed E-state index contributed by atoms with van der Waals surface area (Å²) in [6.07, 6.45) is 5.48. The first-order chi connectivity index (χ1) is 5.61. The van der Waals surface area contributed by atoms with Crippen LogP contribution in [0.3, 0.4) is 0 Å². The van der Waals surface area contributed by atoms with Gasteiger partial charge in [0, 0.05) is 12.1 Å². The van der Waals surface area contributed by atoms with Crippen LogP contribution in [-0.4, -0.2) is 50.1 Å². The summed E-state index contributed by atoms with van der Waals surface area (Å²) in [6.45, 7) is 0. The van der Waals surface area contributed by atoms with Gasteiger partial charge in [-0.25, -0.2) is 0 Å². The minimum atomic E-state index is 0.834. The standard InChI is InChI=1S/C10H22N2/c1-11(2)9-5-7-10(8-6-9)12(3)4/h9-10H,5-8H2,1-4H3. The maximum Gasteiger partial charge on any atom is 0.00903 e. The Morgan fingerprint density at radius 1 is 0.667 bits per heavy atom. The molecule has 1 rings (SSSR count). The summed E-state index contributed by atoms with van der Waals surface area (Å²) in [5, 5.41) is 0. The van der Waals surface area contributed by atoms with Crippen LogP contribution in [0.25, 0.3) is 0 Å². The third kappa shape index (κ3) is 2.46. The largest absolute Gasteiger partial charge is 0.306 e. The Kier molecular flexibility index (Phi) is 3.53. The third-order valence-electron chi connectivity index (χ3n) is 3.13. The van der Waals surface area contributed by atoms with Crippen molar-refractivity contribution in [2.45, 2.75) is 37.8 Å². The van der Waals surface area contributed by atoms with Crippen LogP contribution < -0.4 is 0 Å². The van der Waals surface area contributed by atoms with Gasteiger partial charge in [0.15, 0.2) is 0 Å². The van der Waals surface area contributed by atoms with E-state index in [1.54, 1.807) is 0 Å². The molecule has 0 saturated heterocycles. The quantitative estimate of drug-likeness (QED) is 0.618. The third-order valence-corrected chi connectivity index (χ3v) is 3.13. The molecule has 2 heteroatoms. The van der Waals surface area contributed by atoms with Crippen LogP contribution >= 0.6 is 0 Å². The van der Waals surface area contributed by atoms with Crippen molar-refractivity contribution in [3.8, 4) is 0 Å². The van der Waals surface area contributed by atoms with E-state index in [1.807, 2.05) is 0 Å². The van der Waals surface area contributed by atoms with E-state index in [9.17, 15) is 0 Å². The summed E-state index contributed by atoms with van der Waals surface area (Å²) in [4.78, 5) is 4.73. The Hall–Kier alpha value is -0.0800. The zero-order valence-electron chi connectivity index (χ0n) is 8.88. The summed E-state index contributed by atoms with van der Waals surface area (Å²) in [7, 11) is 8.78. The number of nitrogens with zero attached hydrogens (tertiary/aromatic N) is 2. The van der Waals surface area contributed by atoms with Gasteiger partial charge in [0.1, 0.15) is 0 Å². The van der Waals surface area contributed by atoms with E-state index in [-0.39, 0.29) is 0 Å². The summed E-state index contributed by atoms with van der Waals surface area (Å²) >= 11 is 0. The van der Waals surface area contributed by atoms with Crippen LogP contribution in [0.5, 0.6) is 0 Å². The molecule has 0 aromatic rings. The first-order valence-electron chi connectivity index (χ1n) is 4.94. The predicted octanol–water partition coefficient (Wildman–Crippen LogP) is 1.42. The van der Waals surface area contributed by atoms with Crippen LogP contribution in [0.4, 0.5) is 0 Å². The topological polar surface area (TPSA) is 6.48 Å². The first kappa shape index (κ1) is 10.0. The molecule has 0 unspecified atom stereocenters. The molecule has 0 N–H and O–H groups in total. The highest BCUT2D eigenvalue weighted by atomic mass is 15.1. The van der Waals surface area contributed by atoms with Crippen LogP contribution in [0, 0.1) is 0 Å². The van der Waals surface area contributed by atoms with E-state index < -0.39 is 0 Å². The molecule has 0 aromatic carbocycles. The molecule has 0 atom stereocenters. The average molecular weight is 170 g/mol. The molecule has 1 saturated carbocycles. The molecule has 2 nitrogen and oxygen atoms in total. The van der Waals surface area contributed by atoms with E-state index >= 15 is 0 Å². The highest BCUT2D eigenvalue weighted by molar-refractivity contribution is 4.80. The number of hydrogen-bond acceptors (Lipinski definition) is 2. The molecule has 0 amide bonds. The fraction of sp³-hybridized carbons (Fsp3) is 1.00. The highest BCUT2D eigenvalue weighted by Gasteiger charge is 2.22. The van der Waals surface area contributed by atoms with Gasteiger partial charge in [-0.05, 0) is 53.9 Å². The van der Waals surface area contributed by atoms with Crippen LogP contribution in [-0.2, 0) is 0 Å². The molecule has 1 aliphatic carbocycles. The van der Waals surface area contributed by atoms with Crippen molar-refractivity contribution in [3.63, 3.8) is 0 Å². The van der Waals surface area contributed by atoms with Gasteiger partial charge in [0.25, 0.3) is 0 Å². The lowest BCUT2D eigenvalue weighted by Gasteiger charge is -2.35. The molecule has 1 aliphatic rings. The van der Waals surface area contributed by atoms with Crippen molar-refractivity contribution in [2.75, 3.05) is 28.2 Å². The lowest BCUT2D eigenvalue weighted by molar-refractivity contribution is 0.156. The fourth-order valence-electron chi connectivity index (χ4n) is 2.09. The van der Waals surface area contributed by atoms with Crippen molar-refractivity contribution < 1.29 is 0 Å². The second kappa shape index (κ2) is 4.24. The lowest BCUT2D eigenvalue weighted by atomic mass is 9.90. The number of rotatable bonds is 2. The summed E-state index contributed by atoms with van der Waals surface area (Å²) < 4.78 is 0. The SMILES string of the molecule is CN(C)C1CCC(N(C)C)CC1. The normalized spacial score (nSPS) is 31.5. The molecule has 0 bridgehead atoms. The molecular weight excluding hydrogens is 148 g/mol. The first-order valence-corrected chi connectivity index (χ1v) is 4.94. The van der Waals surface area contributed by atoms with Gasteiger partial charge in [-0.2, -0.15) is 0 Å². The van der Waals surface area contributed by atoms with Crippen molar-refractivity contribution in [3.05, 3.63) is 0 Å². The molecule has 72 valence electrons. The van der Waals surface area contributed by atoms with Crippen molar-refractivity contribution >= 4 is 0 Å². The zero-order valence-corrected chi connectivity index (χ0v) is 8.88. The maximum atomic E-state index is 2.37.